The maximum Gasteiger partial charge on any atom is 0.203 e. The van der Waals surface area contributed by atoms with E-state index in [0.29, 0.717) is 5.69 Å². The number of benzene rings is 1. The summed E-state index contributed by atoms with van der Waals surface area (Å²) in [5.74, 6) is -0.588. The largest absolute Gasteiger partial charge is 0.409 e. The molecule has 1 aromatic heterocycles. The fourth-order valence-corrected chi connectivity index (χ4v) is 2.51. The maximum atomic E-state index is 13.2. The quantitative estimate of drug-likeness (QED) is 0.278. The van der Waals surface area contributed by atoms with E-state index in [1.807, 2.05) is 0 Å². The van der Waals surface area contributed by atoms with Gasteiger partial charge in [0.15, 0.2) is 5.69 Å². The molecule has 24 heavy (non-hydrogen) atoms. The van der Waals surface area contributed by atoms with E-state index < -0.39 is 15.7 Å². The van der Waals surface area contributed by atoms with Crippen molar-refractivity contribution in [1.29, 1.82) is 0 Å². The molecule has 0 bridgehead atoms. The molecule has 130 valence electrons. The number of oxime groups is 1. The van der Waals surface area contributed by atoms with Crippen LogP contribution in [-0.4, -0.2) is 48.3 Å². The van der Waals surface area contributed by atoms with Gasteiger partial charge in [-0.1, -0.05) is 5.16 Å². The molecule has 0 aliphatic heterocycles. The van der Waals surface area contributed by atoms with Crippen molar-refractivity contribution in [2.45, 2.75) is 0 Å². The van der Waals surface area contributed by atoms with Gasteiger partial charge in [0.25, 0.3) is 0 Å². The highest BCUT2D eigenvalue weighted by atomic mass is 79.9. The topological polar surface area (TPSA) is 130 Å². The zero-order chi connectivity index (χ0) is 17.7. The van der Waals surface area contributed by atoms with Crippen molar-refractivity contribution in [3.8, 4) is 0 Å². The Morgan fingerprint density at radius 2 is 2.21 bits per heavy atom. The number of halogens is 2. The lowest BCUT2D eigenvalue weighted by Crippen LogP contribution is -2.19. The molecule has 12 heteroatoms. The van der Waals surface area contributed by atoms with E-state index in [2.05, 4.69) is 46.7 Å². The number of sulfone groups is 1. The van der Waals surface area contributed by atoms with Crippen LogP contribution in [0.4, 0.5) is 15.9 Å². The van der Waals surface area contributed by atoms with Crippen molar-refractivity contribution in [3.05, 3.63) is 34.2 Å². The van der Waals surface area contributed by atoms with E-state index in [-0.39, 0.29) is 34.1 Å². The van der Waals surface area contributed by atoms with Crippen LogP contribution in [0.5, 0.6) is 0 Å². The Labute approximate surface area is 144 Å². The second-order valence-corrected chi connectivity index (χ2v) is 7.83. The second-order valence-electron chi connectivity index (χ2n) is 4.72. The van der Waals surface area contributed by atoms with Gasteiger partial charge in [-0.2, -0.15) is 0 Å². The summed E-state index contributed by atoms with van der Waals surface area (Å²) in [5, 5.41) is 24.9. The van der Waals surface area contributed by atoms with Crippen LogP contribution in [0.25, 0.3) is 0 Å². The number of nitrogens with one attached hydrogen (secondary N) is 2. The average Bonchev–Trinajstić information content (AvgIpc) is 2.95. The van der Waals surface area contributed by atoms with Crippen molar-refractivity contribution in [1.82, 2.24) is 10.3 Å². The van der Waals surface area contributed by atoms with Gasteiger partial charge in [0, 0.05) is 18.5 Å². The Morgan fingerprint density at radius 1 is 1.46 bits per heavy atom. The lowest BCUT2D eigenvalue weighted by Gasteiger charge is -2.08. The molecule has 9 nitrogen and oxygen atoms in total. The van der Waals surface area contributed by atoms with Crippen molar-refractivity contribution >= 4 is 43.1 Å². The molecule has 3 N–H and O–H groups in total. The molecule has 2 rings (SSSR count). The van der Waals surface area contributed by atoms with Crippen molar-refractivity contribution in [3.63, 3.8) is 0 Å². The van der Waals surface area contributed by atoms with Crippen molar-refractivity contribution < 1.29 is 22.6 Å². The van der Waals surface area contributed by atoms with Crippen LogP contribution in [-0.2, 0) is 9.84 Å². The zero-order valence-corrected chi connectivity index (χ0v) is 14.7. The lowest BCUT2D eigenvalue weighted by molar-refractivity contribution is 0.305. The summed E-state index contributed by atoms with van der Waals surface area (Å²) in [6.45, 7) is 0.0703. The first-order chi connectivity index (χ1) is 11.3. The van der Waals surface area contributed by atoms with E-state index in [0.717, 1.165) is 6.26 Å². The lowest BCUT2D eigenvalue weighted by atomic mass is 10.3. The summed E-state index contributed by atoms with van der Waals surface area (Å²) in [5.41, 5.74) is 0.451. The third-order valence-corrected chi connectivity index (χ3v) is 4.31. The maximum absolute atomic E-state index is 13.2. The van der Waals surface area contributed by atoms with E-state index in [4.69, 9.17) is 5.21 Å². The first-order valence-electron chi connectivity index (χ1n) is 6.49. The summed E-state index contributed by atoms with van der Waals surface area (Å²) in [7, 11) is -3.15. The number of hydrogen-bond acceptors (Lipinski definition) is 8. The molecule has 0 saturated heterocycles. The molecular formula is C12H13BrFN5O4S. The SMILES string of the molecule is CS(=O)(=O)CCNc1nonc1/C(=N/O)Nc1ccc(F)c(Br)c1. The van der Waals surface area contributed by atoms with Gasteiger partial charge in [0.1, 0.15) is 15.7 Å². The number of nitrogens with zero attached hydrogens (tertiary/aromatic N) is 3. The van der Waals surface area contributed by atoms with Crippen LogP contribution in [0.3, 0.4) is 0 Å². The fourth-order valence-electron chi connectivity index (χ4n) is 1.66. The Kier molecular flexibility index (Phi) is 5.72. The van der Waals surface area contributed by atoms with Crippen LogP contribution in [0, 0.1) is 5.82 Å². The fraction of sp³-hybridized carbons (Fsp3) is 0.250. The van der Waals surface area contributed by atoms with Crippen LogP contribution in [0.2, 0.25) is 0 Å². The van der Waals surface area contributed by atoms with Gasteiger partial charge in [-0.25, -0.2) is 17.4 Å². The van der Waals surface area contributed by atoms with Crippen LogP contribution >= 0.6 is 15.9 Å². The van der Waals surface area contributed by atoms with E-state index >= 15 is 0 Å². The highest BCUT2D eigenvalue weighted by Crippen LogP contribution is 2.21. The molecule has 0 radical (unpaired) electrons. The summed E-state index contributed by atoms with van der Waals surface area (Å²) in [6.07, 6.45) is 1.10. The molecule has 0 atom stereocenters. The van der Waals surface area contributed by atoms with E-state index in [1.165, 1.54) is 18.2 Å². The first kappa shape index (κ1) is 18.1. The molecule has 0 spiro atoms. The zero-order valence-electron chi connectivity index (χ0n) is 12.3. The Bertz CT molecular complexity index is 855. The van der Waals surface area contributed by atoms with Gasteiger partial charge in [0.05, 0.1) is 10.2 Å². The predicted molar refractivity (Wildman–Crippen MR) is 88.5 cm³/mol. The molecule has 0 aliphatic carbocycles. The number of rotatable bonds is 6. The molecule has 1 heterocycles. The van der Waals surface area contributed by atoms with Gasteiger partial charge >= 0.3 is 0 Å². The van der Waals surface area contributed by atoms with Crippen molar-refractivity contribution in [2.75, 3.05) is 29.2 Å². The van der Waals surface area contributed by atoms with Gasteiger partial charge in [-0.3, -0.25) is 0 Å². The Balaban J connectivity index is 2.14. The number of hydrogen-bond donors (Lipinski definition) is 3. The Morgan fingerprint density at radius 3 is 2.83 bits per heavy atom. The number of aromatic nitrogens is 2. The number of anilines is 2. The minimum absolute atomic E-state index is 0.0337. The van der Waals surface area contributed by atoms with Gasteiger partial charge in [-0.05, 0) is 44.4 Å². The first-order valence-corrected chi connectivity index (χ1v) is 9.34. The summed E-state index contributed by atoms with van der Waals surface area (Å²) in [4.78, 5) is 0. The predicted octanol–water partition coefficient (Wildman–Crippen LogP) is 1.68. The van der Waals surface area contributed by atoms with Crippen LogP contribution in [0.15, 0.2) is 32.5 Å². The summed E-state index contributed by atoms with van der Waals surface area (Å²) in [6, 6.07) is 4.08. The molecule has 0 saturated carbocycles. The monoisotopic (exact) mass is 421 g/mol. The summed E-state index contributed by atoms with van der Waals surface area (Å²) >= 11 is 3.04. The van der Waals surface area contributed by atoms with E-state index in [1.54, 1.807) is 0 Å². The molecule has 0 amide bonds. The van der Waals surface area contributed by atoms with Gasteiger partial charge in [0.2, 0.25) is 11.7 Å². The highest BCUT2D eigenvalue weighted by Gasteiger charge is 2.18. The van der Waals surface area contributed by atoms with Crippen LogP contribution in [0.1, 0.15) is 5.69 Å². The van der Waals surface area contributed by atoms with Gasteiger partial charge in [-0.15, -0.1) is 0 Å². The normalized spacial score (nSPS) is 12.2. The average molecular weight is 422 g/mol. The van der Waals surface area contributed by atoms with Crippen LogP contribution < -0.4 is 10.6 Å². The number of amidine groups is 1. The molecule has 1 aromatic carbocycles. The summed E-state index contributed by atoms with van der Waals surface area (Å²) < 4.78 is 40.3. The smallest absolute Gasteiger partial charge is 0.203 e. The molecule has 0 unspecified atom stereocenters. The standard InChI is InChI=1S/C12H13BrFN5O4S/c1-24(21,22)5-4-15-11-10(18-23-19-11)12(17-20)16-7-2-3-9(14)8(13)6-7/h2-3,6,20H,4-5H2,1H3,(H,15,19)(H,16,17). The second kappa shape index (κ2) is 7.57. The molecular weight excluding hydrogens is 409 g/mol. The highest BCUT2D eigenvalue weighted by molar-refractivity contribution is 9.10. The van der Waals surface area contributed by atoms with E-state index in [9.17, 15) is 12.8 Å². The van der Waals surface area contributed by atoms with Crippen molar-refractivity contribution in [2.24, 2.45) is 5.16 Å². The molecule has 0 aliphatic rings. The van der Waals surface area contributed by atoms with Gasteiger partial charge < -0.3 is 15.8 Å². The molecule has 0 fully saturated rings. The third kappa shape index (κ3) is 4.89. The third-order valence-electron chi connectivity index (χ3n) is 2.76. The Hall–Kier alpha value is -2.21. The minimum atomic E-state index is -3.15. The molecule has 2 aromatic rings. The minimum Gasteiger partial charge on any atom is -0.409 e.